The zero-order chi connectivity index (χ0) is 15.4. The molecule has 2 aromatic rings. The van der Waals surface area contributed by atoms with Crippen LogP contribution < -0.4 is 5.32 Å². The summed E-state index contributed by atoms with van der Waals surface area (Å²) in [6, 6.07) is 13.9. The van der Waals surface area contributed by atoms with Gasteiger partial charge in [0, 0.05) is 4.47 Å². The molecule has 1 atom stereocenters. The number of aryl methyl sites for hydroxylation is 2. The zero-order valence-electron chi connectivity index (χ0n) is 12.6. The van der Waals surface area contributed by atoms with Crippen molar-refractivity contribution >= 4 is 21.8 Å². The molecule has 0 aliphatic heterocycles. The minimum absolute atomic E-state index is 0.0314. The van der Waals surface area contributed by atoms with Crippen LogP contribution in [0.15, 0.2) is 46.9 Å². The largest absolute Gasteiger partial charge is 0.345 e. The number of carbonyl (C=O) groups excluding carboxylic acids is 1. The van der Waals surface area contributed by atoms with E-state index < -0.39 is 0 Å². The van der Waals surface area contributed by atoms with Gasteiger partial charge in [0.15, 0.2) is 0 Å². The monoisotopic (exact) mass is 345 g/mol. The quantitative estimate of drug-likeness (QED) is 0.834. The second kappa shape index (κ2) is 6.90. The standard InChI is InChI=1S/C18H20BrNO/c1-4-17(14-10-9-12(2)13(3)11-14)20-18(21)15-7-5-6-8-16(15)19/h5-11,17H,4H2,1-3H3,(H,20,21)/t17-/m0/s1. The molecule has 0 radical (unpaired) electrons. The third kappa shape index (κ3) is 3.73. The van der Waals surface area contributed by atoms with Gasteiger partial charge < -0.3 is 5.32 Å². The number of hydrogen-bond donors (Lipinski definition) is 1. The van der Waals surface area contributed by atoms with Gasteiger partial charge >= 0.3 is 0 Å². The van der Waals surface area contributed by atoms with E-state index in [-0.39, 0.29) is 11.9 Å². The van der Waals surface area contributed by atoms with Crippen LogP contribution in [0.3, 0.4) is 0 Å². The summed E-state index contributed by atoms with van der Waals surface area (Å²) in [4.78, 5) is 12.4. The topological polar surface area (TPSA) is 29.1 Å². The van der Waals surface area contributed by atoms with Crippen LogP contribution in [-0.4, -0.2) is 5.91 Å². The molecule has 0 bridgehead atoms. The lowest BCUT2D eigenvalue weighted by Crippen LogP contribution is -2.28. The molecule has 0 saturated carbocycles. The van der Waals surface area contributed by atoms with Crippen LogP contribution >= 0.6 is 15.9 Å². The lowest BCUT2D eigenvalue weighted by molar-refractivity contribution is 0.0935. The molecule has 0 spiro atoms. The molecule has 2 rings (SSSR count). The zero-order valence-corrected chi connectivity index (χ0v) is 14.2. The Morgan fingerprint density at radius 2 is 1.86 bits per heavy atom. The van der Waals surface area contributed by atoms with E-state index >= 15 is 0 Å². The van der Waals surface area contributed by atoms with Crippen LogP contribution in [0.5, 0.6) is 0 Å². The lowest BCUT2D eigenvalue weighted by atomic mass is 9.99. The minimum atomic E-state index is -0.0486. The summed E-state index contributed by atoms with van der Waals surface area (Å²) in [6.45, 7) is 6.28. The third-order valence-corrected chi connectivity index (χ3v) is 4.46. The van der Waals surface area contributed by atoms with E-state index in [1.54, 1.807) is 0 Å². The summed E-state index contributed by atoms with van der Waals surface area (Å²) in [5, 5.41) is 3.12. The van der Waals surface area contributed by atoms with E-state index in [9.17, 15) is 4.79 Å². The lowest BCUT2D eigenvalue weighted by Gasteiger charge is -2.19. The van der Waals surface area contributed by atoms with Gasteiger partial charge in [-0.25, -0.2) is 0 Å². The maximum Gasteiger partial charge on any atom is 0.252 e. The van der Waals surface area contributed by atoms with Crippen molar-refractivity contribution in [1.82, 2.24) is 5.32 Å². The van der Waals surface area contributed by atoms with Crippen LogP contribution in [0.1, 0.15) is 46.4 Å². The molecule has 21 heavy (non-hydrogen) atoms. The van der Waals surface area contributed by atoms with E-state index in [2.05, 4.69) is 60.2 Å². The van der Waals surface area contributed by atoms with Gasteiger partial charge in [-0.15, -0.1) is 0 Å². The van der Waals surface area contributed by atoms with Gasteiger partial charge in [0.1, 0.15) is 0 Å². The van der Waals surface area contributed by atoms with Crippen molar-refractivity contribution in [1.29, 1.82) is 0 Å². The van der Waals surface area contributed by atoms with Gasteiger partial charge in [-0.05, 0) is 65.0 Å². The van der Waals surface area contributed by atoms with Crippen molar-refractivity contribution in [3.63, 3.8) is 0 Å². The molecular formula is C18H20BrNO. The summed E-state index contributed by atoms with van der Waals surface area (Å²) in [7, 11) is 0. The average Bonchev–Trinajstić information content (AvgIpc) is 2.48. The Morgan fingerprint density at radius 1 is 1.14 bits per heavy atom. The third-order valence-electron chi connectivity index (χ3n) is 3.77. The smallest absolute Gasteiger partial charge is 0.252 e. The first-order valence-corrected chi connectivity index (χ1v) is 7.94. The Balaban J connectivity index is 2.21. The van der Waals surface area contributed by atoms with E-state index in [1.165, 1.54) is 11.1 Å². The van der Waals surface area contributed by atoms with Crippen LogP contribution in [0.2, 0.25) is 0 Å². The average molecular weight is 346 g/mol. The first-order valence-electron chi connectivity index (χ1n) is 7.15. The molecule has 0 heterocycles. The SMILES string of the molecule is CC[C@H](NC(=O)c1ccccc1Br)c1ccc(C)c(C)c1. The highest BCUT2D eigenvalue weighted by molar-refractivity contribution is 9.10. The maximum absolute atomic E-state index is 12.4. The Morgan fingerprint density at radius 3 is 2.48 bits per heavy atom. The first kappa shape index (κ1) is 15.8. The first-order chi connectivity index (χ1) is 10.0. The van der Waals surface area contributed by atoms with Crippen LogP contribution in [0, 0.1) is 13.8 Å². The second-order valence-electron chi connectivity index (χ2n) is 5.26. The number of rotatable bonds is 4. The molecule has 110 valence electrons. The molecule has 3 heteroatoms. The summed E-state index contributed by atoms with van der Waals surface area (Å²) in [5.41, 5.74) is 4.34. The number of hydrogen-bond acceptors (Lipinski definition) is 1. The van der Waals surface area contributed by atoms with E-state index in [0.29, 0.717) is 5.56 Å². The molecule has 0 saturated heterocycles. The van der Waals surface area contributed by atoms with Gasteiger partial charge in [-0.1, -0.05) is 37.3 Å². The van der Waals surface area contributed by atoms with Gasteiger partial charge in [0.25, 0.3) is 5.91 Å². The van der Waals surface area contributed by atoms with Crippen molar-refractivity contribution in [3.05, 3.63) is 69.2 Å². The van der Waals surface area contributed by atoms with Gasteiger partial charge in [0.05, 0.1) is 11.6 Å². The Kier molecular flexibility index (Phi) is 5.18. The van der Waals surface area contributed by atoms with Crippen molar-refractivity contribution in [2.75, 3.05) is 0 Å². The fourth-order valence-electron chi connectivity index (χ4n) is 2.28. The van der Waals surface area contributed by atoms with Crippen molar-refractivity contribution in [2.24, 2.45) is 0 Å². The molecule has 0 unspecified atom stereocenters. The highest BCUT2D eigenvalue weighted by Crippen LogP contribution is 2.22. The van der Waals surface area contributed by atoms with Crippen LogP contribution in [-0.2, 0) is 0 Å². The minimum Gasteiger partial charge on any atom is -0.345 e. The van der Waals surface area contributed by atoms with Gasteiger partial charge in [0.2, 0.25) is 0 Å². The van der Waals surface area contributed by atoms with Crippen molar-refractivity contribution in [3.8, 4) is 0 Å². The Hall–Kier alpha value is -1.61. The highest BCUT2D eigenvalue weighted by atomic mass is 79.9. The van der Waals surface area contributed by atoms with Crippen molar-refractivity contribution in [2.45, 2.75) is 33.2 Å². The predicted molar refractivity (Wildman–Crippen MR) is 90.6 cm³/mol. The van der Waals surface area contributed by atoms with Crippen LogP contribution in [0.25, 0.3) is 0 Å². The normalized spacial score (nSPS) is 12.0. The number of halogens is 1. The second-order valence-corrected chi connectivity index (χ2v) is 6.11. The molecule has 0 aliphatic rings. The number of carbonyl (C=O) groups is 1. The molecule has 1 N–H and O–H groups in total. The highest BCUT2D eigenvalue weighted by Gasteiger charge is 2.16. The Bertz CT molecular complexity index is 651. The maximum atomic E-state index is 12.4. The molecule has 0 fully saturated rings. The summed E-state index contributed by atoms with van der Waals surface area (Å²) < 4.78 is 0.817. The van der Waals surface area contributed by atoms with Crippen LogP contribution in [0.4, 0.5) is 0 Å². The predicted octanol–water partition coefficient (Wildman–Crippen LogP) is 4.95. The molecular weight excluding hydrogens is 326 g/mol. The molecule has 1 amide bonds. The van der Waals surface area contributed by atoms with Gasteiger partial charge in [-0.2, -0.15) is 0 Å². The number of nitrogens with one attached hydrogen (secondary N) is 1. The molecule has 2 nitrogen and oxygen atoms in total. The summed E-state index contributed by atoms with van der Waals surface area (Å²) >= 11 is 3.43. The fourth-order valence-corrected chi connectivity index (χ4v) is 2.75. The summed E-state index contributed by atoms with van der Waals surface area (Å²) in [5.74, 6) is -0.0486. The molecule has 2 aromatic carbocycles. The number of benzene rings is 2. The Labute approximate surface area is 134 Å². The molecule has 0 aliphatic carbocycles. The molecule has 0 aromatic heterocycles. The fraction of sp³-hybridized carbons (Fsp3) is 0.278. The van der Waals surface area contributed by atoms with E-state index in [1.807, 2.05) is 24.3 Å². The van der Waals surface area contributed by atoms with Gasteiger partial charge in [-0.3, -0.25) is 4.79 Å². The van der Waals surface area contributed by atoms with E-state index in [4.69, 9.17) is 0 Å². The van der Waals surface area contributed by atoms with E-state index in [0.717, 1.165) is 16.5 Å². The van der Waals surface area contributed by atoms with Crippen molar-refractivity contribution < 1.29 is 4.79 Å². The number of amides is 1. The summed E-state index contributed by atoms with van der Waals surface area (Å²) in [6.07, 6.45) is 0.860.